The molecule has 236 valence electrons. The molecule has 2 aromatic heterocycles. The Morgan fingerprint density at radius 2 is 1.76 bits per heavy atom. The number of nitrogens with zero attached hydrogens (tertiary/aromatic N) is 4. The van der Waals surface area contributed by atoms with Crippen molar-refractivity contribution in [1.29, 1.82) is 0 Å². The minimum Gasteiger partial charge on any atom is -0.493 e. The standard InChI is InChI=1S/C31H29F3N4O6S/c1-19(2)25-14-21(38-29(39)18-37(30(38)40)22-13-20(16-35-17-22)31(32,33)34)5-8-27(25)44-28-9-10-36-26-15-23(6-7-24(26)28)43-11-4-12-45(3,41)42/h5-10,13-17,19H,4,11-12,18H2,1-3H3. The Morgan fingerprint density at radius 3 is 2.47 bits per heavy atom. The van der Waals surface area contributed by atoms with Gasteiger partial charge in [0.25, 0.3) is 5.91 Å². The number of pyridine rings is 2. The largest absolute Gasteiger partial charge is 0.493 e. The highest BCUT2D eigenvalue weighted by atomic mass is 32.2. The molecule has 45 heavy (non-hydrogen) atoms. The topological polar surface area (TPSA) is 119 Å². The van der Waals surface area contributed by atoms with Crippen LogP contribution in [-0.2, 0) is 20.8 Å². The van der Waals surface area contributed by atoms with E-state index in [4.69, 9.17) is 9.47 Å². The number of benzene rings is 2. The summed E-state index contributed by atoms with van der Waals surface area (Å²) in [6, 6.07) is 11.8. The number of rotatable bonds is 10. The van der Waals surface area contributed by atoms with Crippen LogP contribution in [0.15, 0.2) is 67.1 Å². The van der Waals surface area contributed by atoms with Gasteiger partial charge in [-0.05, 0) is 60.4 Å². The third kappa shape index (κ3) is 7.17. The average molecular weight is 643 g/mol. The molecular formula is C31H29F3N4O6S. The van der Waals surface area contributed by atoms with Crippen LogP contribution in [0, 0.1) is 0 Å². The fourth-order valence-corrected chi connectivity index (χ4v) is 5.46. The molecule has 0 atom stereocenters. The molecular weight excluding hydrogens is 613 g/mol. The number of alkyl halides is 3. The molecule has 0 N–H and O–H groups in total. The molecule has 0 aliphatic carbocycles. The van der Waals surface area contributed by atoms with E-state index in [1.165, 1.54) is 12.3 Å². The summed E-state index contributed by atoms with van der Waals surface area (Å²) in [5.41, 5.74) is 0.359. The van der Waals surface area contributed by atoms with Gasteiger partial charge in [-0.25, -0.2) is 18.1 Å². The number of imide groups is 1. The van der Waals surface area contributed by atoms with Crippen LogP contribution in [0.25, 0.3) is 10.9 Å². The first-order chi connectivity index (χ1) is 21.2. The SMILES string of the molecule is CC(C)c1cc(N2C(=O)CN(c3cncc(C(F)(F)F)c3)C2=O)ccc1Oc1ccnc2cc(OCCCS(C)(=O)=O)ccc12. The second-order valence-corrected chi connectivity index (χ2v) is 13.1. The summed E-state index contributed by atoms with van der Waals surface area (Å²) in [6.45, 7) is 3.62. The highest BCUT2D eigenvalue weighted by Crippen LogP contribution is 2.38. The van der Waals surface area contributed by atoms with Crippen LogP contribution in [0.3, 0.4) is 0 Å². The van der Waals surface area contributed by atoms with Crippen molar-refractivity contribution in [3.05, 3.63) is 78.2 Å². The minimum atomic E-state index is -4.66. The van der Waals surface area contributed by atoms with E-state index in [-0.39, 0.29) is 29.7 Å². The van der Waals surface area contributed by atoms with E-state index in [9.17, 15) is 31.2 Å². The molecule has 5 rings (SSSR count). The molecule has 2 aromatic carbocycles. The summed E-state index contributed by atoms with van der Waals surface area (Å²) in [5.74, 6) is 0.823. The van der Waals surface area contributed by atoms with Gasteiger partial charge in [0.05, 0.1) is 41.0 Å². The summed E-state index contributed by atoms with van der Waals surface area (Å²) in [5, 5.41) is 0.690. The Labute approximate surface area is 257 Å². The first-order valence-corrected chi connectivity index (χ1v) is 15.9. The maximum Gasteiger partial charge on any atom is 0.417 e. The van der Waals surface area contributed by atoms with Crippen molar-refractivity contribution in [2.45, 2.75) is 32.4 Å². The van der Waals surface area contributed by atoms with Crippen LogP contribution < -0.4 is 19.3 Å². The number of hydrogen-bond donors (Lipinski definition) is 0. The van der Waals surface area contributed by atoms with E-state index in [0.29, 0.717) is 46.3 Å². The summed E-state index contributed by atoms with van der Waals surface area (Å²) in [4.78, 5) is 36.1. The lowest BCUT2D eigenvalue weighted by atomic mass is 10.0. The van der Waals surface area contributed by atoms with E-state index < -0.39 is 40.1 Å². The zero-order chi connectivity index (χ0) is 32.5. The number of halogens is 3. The lowest BCUT2D eigenvalue weighted by Crippen LogP contribution is -2.33. The average Bonchev–Trinajstić information content (AvgIpc) is 3.28. The number of hydrogen-bond acceptors (Lipinski definition) is 8. The van der Waals surface area contributed by atoms with Crippen LogP contribution in [0.5, 0.6) is 17.2 Å². The normalized spacial score (nSPS) is 14.1. The second-order valence-electron chi connectivity index (χ2n) is 10.8. The fourth-order valence-electron chi connectivity index (χ4n) is 4.82. The molecule has 4 aromatic rings. The van der Waals surface area contributed by atoms with Crippen molar-refractivity contribution < 1.29 is 40.7 Å². The zero-order valence-electron chi connectivity index (χ0n) is 24.5. The van der Waals surface area contributed by atoms with E-state index in [2.05, 4.69) is 9.97 Å². The maximum absolute atomic E-state index is 13.3. The maximum atomic E-state index is 13.3. The minimum absolute atomic E-state index is 0.0272. The Bertz CT molecular complexity index is 1880. The molecule has 3 amide bonds. The molecule has 3 heterocycles. The van der Waals surface area contributed by atoms with E-state index in [0.717, 1.165) is 22.1 Å². The number of sulfone groups is 1. The van der Waals surface area contributed by atoms with Gasteiger partial charge in [0.1, 0.15) is 33.6 Å². The first-order valence-electron chi connectivity index (χ1n) is 13.9. The molecule has 14 heteroatoms. The van der Waals surface area contributed by atoms with Crippen molar-refractivity contribution in [2.75, 3.05) is 35.0 Å². The van der Waals surface area contributed by atoms with Gasteiger partial charge in [-0.2, -0.15) is 13.2 Å². The Balaban J connectivity index is 1.37. The second kappa shape index (κ2) is 12.3. The predicted octanol–water partition coefficient (Wildman–Crippen LogP) is 6.35. The van der Waals surface area contributed by atoms with Crippen LogP contribution in [0.1, 0.15) is 37.3 Å². The van der Waals surface area contributed by atoms with E-state index in [1.54, 1.807) is 42.6 Å². The predicted molar refractivity (Wildman–Crippen MR) is 162 cm³/mol. The number of aromatic nitrogens is 2. The highest BCUT2D eigenvalue weighted by Gasteiger charge is 2.40. The molecule has 1 aliphatic rings. The molecule has 0 saturated carbocycles. The molecule has 1 fully saturated rings. The lowest BCUT2D eigenvalue weighted by Gasteiger charge is -2.21. The van der Waals surface area contributed by atoms with Gasteiger partial charge in [-0.15, -0.1) is 0 Å². The first kappa shape index (κ1) is 31.7. The third-order valence-corrected chi connectivity index (χ3v) is 8.05. The van der Waals surface area contributed by atoms with Gasteiger partial charge in [0.2, 0.25) is 0 Å². The van der Waals surface area contributed by atoms with Crippen LogP contribution >= 0.6 is 0 Å². The van der Waals surface area contributed by atoms with Gasteiger partial charge in [-0.3, -0.25) is 19.7 Å². The number of anilines is 2. The lowest BCUT2D eigenvalue weighted by molar-refractivity contribution is -0.137. The summed E-state index contributed by atoms with van der Waals surface area (Å²) in [7, 11) is -3.07. The monoisotopic (exact) mass is 642 g/mol. The Morgan fingerprint density at radius 1 is 0.978 bits per heavy atom. The fraction of sp³-hybridized carbons (Fsp3) is 0.290. The number of amides is 3. The van der Waals surface area contributed by atoms with Gasteiger partial charge in [0.15, 0.2) is 0 Å². The molecule has 1 aliphatic heterocycles. The Kier molecular flexibility index (Phi) is 8.70. The quantitative estimate of drug-likeness (QED) is 0.145. The number of carbonyl (C=O) groups is 2. The number of ether oxygens (including phenoxy) is 2. The van der Waals surface area contributed by atoms with Gasteiger partial charge >= 0.3 is 12.2 Å². The molecule has 0 spiro atoms. The van der Waals surface area contributed by atoms with Crippen LogP contribution in [0.4, 0.5) is 29.3 Å². The van der Waals surface area contributed by atoms with Crippen molar-refractivity contribution >= 4 is 44.1 Å². The molecule has 1 saturated heterocycles. The molecule has 0 radical (unpaired) electrons. The zero-order valence-corrected chi connectivity index (χ0v) is 25.4. The smallest absolute Gasteiger partial charge is 0.417 e. The third-order valence-electron chi connectivity index (χ3n) is 7.02. The van der Waals surface area contributed by atoms with Crippen molar-refractivity contribution in [2.24, 2.45) is 0 Å². The number of urea groups is 1. The van der Waals surface area contributed by atoms with Crippen LogP contribution in [-0.4, -0.2) is 55.5 Å². The van der Waals surface area contributed by atoms with E-state index in [1.807, 2.05) is 13.8 Å². The van der Waals surface area contributed by atoms with Gasteiger partial charge in [0, 0.05) is 30.1 Å². The summed E-state index contributed by atoms with van der Waals surface area (Å²) >= 11 is 0. The van der Waals surface area contributed by atoms with E-state index >= 15 is 0 Å². The van der Waals surface area contributed by atoms with Crippen LogP contribution in [0.2, 0.25) is 0 Å². The summed E-state index contributed by atoms with van der Waals surface area (Å²) < 4.78 is 74.3. The number of carbonyl (C=O) groups excluding carboxylic acids is 2. The van der Waals surface area contributed by atoms with Crippen molar-refractivity contribution in [3.63, 3.8) is 0 Å². The van der Waals surface area contributed by atoms with Gasteiger partial charge < -0.3 is 9.47 Å². The highest BCUT2D eigenvalue weighted by molar-refractivity contribution is 7.90. The molecule has 10 nitrogen and oxygen atoms in total. The number of fused-ring (bicyclic) bond motifs is 1. The van der Waals surface area contributed by atoms with Gasteiger partial charge in [-0.1, -0.05) is 13.8 Å². The molecule has 0 bridgehead atoms. The van der Waals surface area contributed by atoms with Crippen molar-refractivity contribution in [3.8, 4) is 17.2 Å². The Hall–Kier alpha value is -4.72. The molecule has 0 unspecified atom stereocenters. The summed E-state index contributed by atoms with van der Waals surface area (Å²) in [6.07, 6.45) is 0.210. The van der Waals surface area contributed by atoms with Crippen molar-refractivity contribution in [1.82, 2.24) is 9.97 Å².